The van der Waals surface area contributed by atoms with Gasteiger partial charge in [0.2, 0.25) is 0 Å². The van der Waals surface area contributed by atoms with Crippen LogP contribution in [-0.4, -0.2) is 17.8 Å². The smallest absolute Gasteiger partial charge is 0.152 e. The molecule has 1 saturated carbocycles. The number of hydrogen-bond donors (Lipinski definition) is 1. The van der Waals surface area contributed by atoms with E-state index in [2.05, 4.69) is 0 Å². The number of ether oxygens (including phenoxy) is 1. The highest BCUT2D eigenvalue weighted by molar-refractivity contribution is 6.34. The van der Waals surface area contributed by atoms with Crippen molar-refractivity contribution in [1.29, 1.82) is 0 Å². The predicted molar refractivity (Wildman–Crippen MR) is 74.4 cm³/mol. The molecule has 0 aliphatic heterocycles. The number of halogens is 1. The fourth-order valence-corrected chi connectivity index (χ4v) is 2.95. The summed E-state index contributed by atoms with van der Waals surface area (Å²) in [5.74, 6) is 0.562. The Balaban J connectivity index is 1.85. The van der Waals surface area contributed by atoms with Gasteiger partial charge in [0, 0.05) is 18.9 Å². The molecule has 1 N–H and O–H groups in total. The van der Waals surface area contributed by atoms with Gasteiger partial charge in [-0.3, -0.25) is 0 Å². The zero-order valence-electron chi connectivity index (χ0n) is 10.9. The fraction of sp³-hybridized carbons (Fsp3) is 0.467. The number of hydrogen-bond acceptors (Lipinski definition) is 3. The summed E-state index contributed by atoms with van der Waals surface area (Å²) in [4.78, 5) is 0. The monoisotopic (exact) mass is 280 g/mol. The maximum Gasteiger partial charge on any atom is 0.152 e. The van der Waals surface area contributed by atoms with Crippen LogP contribution in [0.4, 0.5) is 0 Å². The number of para-hydroxylation sites is 1. The molecule has 1 unspecified atom stereocenters. The van der Waals surface area contributed by atoms with E-state index >= 15 is 0 Å². The Bertz CT molecular complexity index is 581. The first-order chi connectivity index (χ1) is 9.13. The third kappa shape index (κ3) is 2.27. The number of rotatable bonds is 4. The normalized spacial score (nSPS) is 19.3. The van der Waals surface area contributed by atoms with Crippen LogP contribution in [0.1, 0.15) is 37.5 Å². The van der Waals surface area contributed by atoms with Crippen molar-refractivity contribution in [2.24, 2.45) is 0 Å². The largest absolute Gasteiger partial charge is 0.457 e. The summed E-state index contributed by atoms with van der Waals surface area (Å²) in [5, 5.41) is 11.8. The lowest BCUT2D eigenvalue weighted by Gasteiger charge is -2.41. The Morgan fingerprint density at radius 3 is 2.84 bits per heavy atom. The first kappa shape index (κ1) is 13.0. The SMILES string of the molecule is COC1(CC(O)c2cc3cccc(Cl)c3o2)CCC1. The Morgan fingerprint density at radius 2 is 2.26 bits per heavy atom. The number of methoxy groups -OCH3 is 1. The second kappa shape index (κ2) is 4.82. The molecule has 3 nitrogen and oxygen atoms in total. The highest BCUT2D eigenvalue weighted by atomic mass is 35.5. The molecule has 0 bridgehead atoms. The van der Waals surface area contributed by atoms with Gasteiger partial charge in [-0.2, -0.15) is 0 Å². The molecule has 4 heteroatoms. The minimum absolute atomic E-state index is 0.178. The number of aliphatic hydroxyl groups is 1. The molecule has 3 rings (SSSR count). The maximum atomic E-state index is 10.3. The van der Waals surface area contributed by atoms with Crippen molar-refractivity contribution < 1.29 is 14.3 Å². The van der Waals surface area contributed by atoms with E-state index in [4.69, 9.17) is 20.8 Å². The van der Waals surface area contributed by atoms with E-state index in [1.807, 2.05) is 18.2 Å². The van der Waals surface area contributed by atoms with E-state index in [1.54, 1.807) is 13.2 Å². The van der Waals surface area contributed by atoms with Gasteiger partial charge in [0.05, 0.1) is 10.6 Å². The molecule has 1 aromatic carbocycles. The van der Waals surface area contributed by atoms with Gasteiger partial charge in [0.1, 0.15) is 11.9 Å². The van der Waals surface area contributed by atoms with Crippen molar-refractivity contribution in [3.8, 4) is 0 Å². The van der Waals surface area contributed by atoms with Crippen LogP contribution >= 0.6 is 11.6 Å². The van der Waals surface area contributed by atoms with Crippen LogP contribution in [0.2, 0.25) is 5.02 Å². The standard InChI is InChI=1S/C15H17ClO3/c1-18-15(6-3-7-15)9-12(17)13-8-10-4-2-5-11(16)14(10)19-13/h2,4-5,8,12,17H,3,6-7,9H2,1H3. The van der Waals surface area contributed by atoms with E-state index in [9.17, 15) is 5.11 Å². The van der Waals surface area contributed by atoms with Gasteiger partial charge < -0.3 is 14.3 Å². The quantitative estimate of drug-likeness (QED) is 0.918. The first-order valence-electron chi connectivity index (χ1n) is 6.55. The summed E-state index contributed by atoms with van der Waals surface area (Å²) in [6, 6.07) is 7.44. The average Bonchev–Trinajstić information content (AvgIpc) is 2.79. The first-order valence-corrected chi connectivity index (χ1v) is 6.92. The van der Waals surface area contributed by atoms with Crippen molar-refractivity contribution in [3.63, 3.8) is 0 Å². The summed E-state index contributed by atoms with van der Waals surface area (Å²) in [7, 11) is 1.71. The Labute approximate surface area is 117 Å². The molecule has 19 heavy (non-hydrogen) atoms. The predicted octanol–water partition coefficient (Wildman–Crippen LogP) is 4.08. The van der Waals surface area contributed by atoms with Crippen LogP contribution < -0.4 is 0 Å². The maximum absolute atomic E-state index is 10.3. The minimum Gasteiger partial charge on any atom is -0.457 e. The molecule has 0 saturated heterocycles. The van der Waals surface area contributed by atoms with Crippen LogP contribution in [0.5, 0.6) is 0 Å². The number of aliphatic hydroxyl groups excluding tert-OH is 1. The van der Waals surface area contributed by atoms with Crippen molar-refractivity contribution in [1.82, 2.24) is 0 Å². The zero-order valence-corrected chi connectivity index (χ0v) is 11.6. The molecule has 1 atom stereocenters. The molecule has 0 amide bonds. The van der Waals surface area contributed by atoms with E-state index < -0.39 is 6.10 Å². The highest BCUT2D eigenvalue weighted by Crippen LogP contribution is 2.42. The molecular weight excluding hydrogens is 264 g/mol. The third-order valence-electron chi connectivity index (χ3n) is 4.11. The van der Waals surface area contributed by atoms with Gasteiger partial charge >= 0.3 is 0 Å². The summed E-state index contributed by atoms with van der Waals surface area (Å²) < 4.78 is 11.2. The third-order valence-corrected chi connectivity index (χ3v) is 4.40. The van der Waals surface area contributed by atoms with Gasteiger partial charge in [-0.15, -0.1) is 0 Å². The summed E-state index contributed by atoms with van der Waals surface area (Å²) in [6.45, 7) is 0. The van der Waals surface area contributed by atoms with Gasteiger partial charge in [-0.1, -0.05) is 23.7 Å². The van der Waals surface area contributed by atoms with Crippen LogP contribution in [-0.2, 0) is 4.74 Å². The molecule has 1 aromatic heterocycles. The Hall–Kier alpha value is -1.03. The Morgan fingerprint density at radius 1 is 1.47 bits per heavy atom. The lowest BCUT2D eigenvalue weighted by molar-refractivity contribution is -0.102. The minimum atomic E-state index is -0.649. The zero-order chi connectivity index (χ0) is 13.5. The second-order valence-corrected chi connectivity index (χ2v) is 5.67. The molecule has 2 aromatic rings. The van der Waals surface area contributed by atoms with E-state index in [-0.39, 0.29) is 5.60 Å². The lowest BCUT2D eigenvalue weighted by Crippen LogP contribution is -2.40. The van der Waals surface area contributed by atoms with E-state index in [0.29, 0.717) is 22.8 Å². The van der Waals surface area contributed by atoms with Gasteiger partial charge in [0.25, 0.3) is 0 Å². The molecule has 102 valence electrons. The van der Waals surface area contributed by atoms with Gasteiger partial charge in [0.15, 0.2) is 5.58 Å². The highest BCUT2D eigenvalue weighted by Gasteiger charge is 2.39. The number of benzene rings is 1. The van der Waals surface area contributed by atoms with Gasteiger partial charge in [-0.05, 0) is 31.4 Å². The van der Waals surface area contributed by atoms with Crippen LogP contribution in [0.3, 0.4) is 0 Å². The summed E-state index contributed by atoms with van der Waals surface area (Å²) in [6.07, 6.45) is 3.08. The van der Waals surface area contributed by atoms with E-state index in [1.165, 1.54) is 0 Å². The number of fused-ring (bicyclic) bond motifs is 1. The molecule has 0 radical (unpaired) electrons. The topological polar surface area (TPSA) is 42.6 Å². The Kier molecular flexibility index (Phi) is 3.29. The van der Waals surface area contributed by atoms with Crippen molar-refractivity contribution in [2.45, 2.75) is 37.4 Å². The van der Waals surface area contributed by atoms with Gasteiger partial charge in [-0.25, -0.2) is 0 Å². The molecule has 1 heterocycles. The van der Waals surface area contributed by atoms with E-state index in [0.717, 1.165) is 24.6 Å². The molecule has 0 spiro atoms. The second-order valence-electron chi connectivity index (χ2n) is 5.27. The number of furan rings is 1. The summed E-state index contributed by atoms with van der Waals surface area (Å²) in [5.41, 5.74) is 0.459. The molecule has 1 fully saturated rings. The van der Waals surface area contributed by atoms with Crippen molar-refractivity contribution in [2.75, 3.05) is 7.11 Å². The van der Waals surface area contributed by atoms with Crippen molar-refractivity contribution in [3.05, 3.63) is 35.0 Å². The molecule has 1 aliphatic carbocycles. The molecular formula is C15H17ClO3. The van der Waals surface area contributed by atoms with Crippen molar-refractivity contribution >= 4 is 22.6 Å². The molecule has 1 aliphatic rings. The summed E-state index contributed by atoms with van der Waals surface area (Å²) >= 11 is 6.07. The fourth-order valence-electron chi connectivity index (χ4n) is 2.73. The van der Waals surface area contributed by atoms with Crippen LogP contribution in [0.25, 0.3) is 11.0 Å². The average molecular weight is 281 g/mol. The lowest BCUT2D eigenvalue weighted by atomic mass is 9.76. The van der Waals surface area contributed by atoms with Crippen LogP contribution in [0.15, 0.2) is 28.7 Å². The van der Waals surface area contributed by atoms with Crippen LogP contribution in [0, 0.1) is 0 Å².